The minimum absolute atomic E-state index is 0.0510. The van der Waals surface area contributed by atoms with Crippen LogP contribution in [0.25, 0.3) is 22.3 Å². The van der Waals surface area contributed by atoms with E-state index in [9.17, 15) is 4.79 Å². The highest BCUT2D eigenvalue weighted by Gasteiger charge is 2.24. The molecule has 1 saturated heterocycles. The zero-order valence-electron chi connectivity index (χ0n) is 17.9. The largest absolute Gasteiger partial charge is 0.466 e. The summed E-state index contributed by atoms with van der Waals surface area (Å²) in [4.78, 5) is 22.7. The Morgan fingerprint density at radius 1 is 1.14 bits per heavy atom. The molecule has 7 heteroatoms. The monoisotopic (exact) mass is 395 g/mol. The minimum atomic E-state index is 0.0510. The minimum Gasteiger partial charge on any atom is -0.466 e. The normalized spacial score (nSPS) is 16.0. The van der Waals surface area contributed by atoms with E-state index in [0.717, 1.165) is 66.4 Å². The fourth-order valence-electron chi connectivity index (χ4n) is 4.02. The summed E-state index contributed by atoms with van der Waals surface area (Å²) in [5.74, 6) is 1.69. The summed E-state index contributed by atoms with van der Waals surface area (Å²) in [6.45, 7) is 11.4. The average molecular weight is 396 g/mol. The van der Waals surface area contributed by atoms with E-state index < -0.39 is 0 Å². The Bertz CT molecular complexity index is 1050. The van der Waals surface area contributed by atoms with Gasteiger partial charge in [0.15, 0.2) is 5.65 Å². The van der Waals surface area contributed by atoms with Crippen LogP contribution in [0.4, 0.5) is 0 Å². The number of hydrogen-bond donors (Lipinski definition) is 0. The molecule has 0 unspecified atom stereocenters. The third-order valence-electron chi connectivity index (χ3n) is 5.61. The Morgan fingerprint density at radius 2 is 1.93 bits per heavy atom. The van der Waals surface area contributed by atoms with Crippen LogP contribution in [0, 0.1) is 13.8 Å². The van der Waals surface area contributed by atoms with Crippen molar-refractivity contribution < 1.29 is 9.21 Å². The van der Waals surface area contributed by atoms with Crippen molar-refractivity contribution in [1.82, 2.24) is 24.6 Å². The first-order valence-electron chi connectivity index (χ1n) is 10.3. The number of pyridine rings is 1. The van der Waals surface area contributed by atoms with Gasteiger partial charge in [-0.2, -0.15) is 5.10 Å². The molecule has 1 aliphatic heterocycles. The number of amides is 1. The molecule has 29 heavy (non-hydrogen) atoms. The Hall–Kier alpha value is -2.67. The molecular weight excluding hydrogens is 366 g/mol. The van der Waals surface area contributed by atoms with Crippen molar-refractivity contribution in [1.29, 1.82) is 0 Å². The first-order chi connectivity index (χ1) is 13.8. The first-order valence-corrected chi connectivity index (χ1v) is 10.3. The predicted molar refractivity (Wildman–Crippen MR) is 113 cm³/mol. The summed E-state index contributed by atoms with van der Waals surface area (Å²) in [5, 5.41) is 5.34. The van der Waals surface area contributed by atoms with E-state index in [1.807, 2.05) is 35.6 Å². The molecule has 1 amide bonds. The lowest BCUT2D eigenvalue weighted by molar-refractivity contribution is 0.0764. The van der Waals surface area contributed by atoms with E-state index >= 15 is 0 Å². The second kappa shape index (κ2) is 7.63. The van der Waals surface area contributed by atoms with E-state index in [1.54, 1.807) is 6.20 Å². The number of carbonyl (C=O) groups is 1. The van der Waals surface area contributed by atoms with Crippen LogP contribution in [0.1, 0.15) is 48.2 Å². The third-order valence-corrected chi connectivity index (χ3v) is 5.61. The van der Waals surface area contributed by atoms with Crippen LogP contribution >= 0.6 is 0 Å². The molecule has 1 fully saturated rings. The van der Waals surface area contributed by atoms with Crippen molar-refractivity contribution in [2.24, 2.45) is 0 Å². The number of aromatic nitrogens is 3. The first kappa shape index (κ1) is 19.6. The van der Waals surface area contributed by atoms with Gasteiger partial charge < -0.3 is 14.2 Å². The van der Waals surface area contributed by atoms with Crippen molar-refractivity contribution in [2.45, 2.75) is 40.2 Å². The van der Waals surface area contributed by atoms with Gasteiger partial charge in [0.1, 0.15) is 11.5 Å². The van der Waals surface area contributed by atoms with E-state index in [-0.39, 0.29) is 11.9 Å². The predicted octanol–water partition coefficient (Wildman–Crippen LogP) is 3.67. The van der Waals surface area contributed by atoms with E-state index in [1.165, 1.54) is 0 Å². The van der Waals surface area contributed by atoms with Crippen LogP contribution in [-0.2, 0) is 0 Å². The molecule has 154 valence electrons. The van der Waals surface area contributed by atoms with Gasteiger partial charge in [-0.05, 0) is 59.8 Å². The van der Waals surface area contributed by atoms with Crippen molar-refractivity contribution >= 4 is 16.9 Å². The summed E-state index contributed by atoms with van der Waals surface area (Å²) < 4.78 is 7.60. The Morgan fingerprint density at radius 3 is 2.62 bits per heavy atom. The number of likely N-dealkylation sites (N-methyl/N-ethyl adjacent to an activating group) is 1. The summed E-state index contributed by atoms with van der Waals surface area (Å²) in [5.41, 5.74) is 3.08. The maximum Gasteiger partial charge on any atom is 0.254 e. The van der Waals surface area contributed by atoms with Gasteiger partial charge in [-0.25, -0.2) is 9.67 Å². The van der Waals surface area contributed by atoms with Crippen LogP contribution in [0.5, 0.6) is 0 Å². The maximum absolute atomic E-state index is 13.5. The summed E-state index contributed by atoms with van der Waals surface area (Å²) in [6, 6.07) is 4.04. The van der Waals surface area contributed by atoms with Gasteiger partial charge >= 0.3 is 0 Å². The van der Waals surface area contributed by atoms with Crippen LogP contribution in [0.15, 0.2) is 22.7 Å². The molecule has 0 aromatic carbocycles. The van der Waals surface area contributed by atoms with Gasteiger partial charge in [-0.1, -0.05) is 0 Å². The molecule has 0 bridgehead atoms. The lowest BCUT2D eigenvalue weighted by Gasteiger charge is -2.21. The molecule has 4 heterocycles. The molecule has 4 rings (SSSR count). The molecule has 3 aromatic heterocycles. The summed E-state index contributed by atoms with van der Waals surface area (Å²) in [7, 11) is 2.10. The molecule has 7 nitrogen and oxygen atoms in total. The van der Waals surface area contributed by atoms with E-state index in [0.29, 0.717) is 5.56 Å². The number of furan rings is 1. The quantitative estimate of drug-likeness (QED) is 0.677. The number of hydrogen-bond acceptors (Lipinski definition) is 5. The summed E-state index contributed by atoms with van der Waals surface area (Å²) in [6.07, 6.45) is 2.76. The molecule has 0 saturated carbocycles. The maximum atomic E-state index is 13.5. The summed E-state index contributed by atoms with van der Waals surface area (Å²) >= 11 is 0. The zero-order valence-corrected chi connectivity index (χ0v) is 17.9. The van der Waals surface area contributed by atoms with Crippen LogP contribution in [0.3, 0.4) is 0 Å². The number of carbonyl (C=O) groups excluding carboxylic acids is 1. The molecule has 0 atom stereocenters. The van der Waals surface area contributed by atoms with Crippen molar-refractivity contribution in [3.05, 3.63) is 35.4 Å². The highest BCUT2D eigenvalue weighted by Crippen LogP contribution is 2.30. The lowest BCUT2D eigenvalue weighted by atomic mass is 10.1. The van der Waals surface area contributed by atoms with Crippen LogP contribution < -0.4 is 0 Å². The van der Waals surface area contributed by atoms with Crippen molar-refractivity contribution in [2.75, 3.05) is 33.2 Å². The van der Waals surface area contributed by atoms with Crippen LogP contribution in [0.2, 0.25) is 0 Å². The SMILES string of the molecule is Cc1cc(-c2cc(C(=O)N3CCCN(C)CC3)c3cnn(C(C)C)c3n2)c(C)o1. The molecule has 0 aliphatic carbocycles. The standard InChI is InChI=1S/C22H29N5O2/c1-14(2)27-21-19(13-23-27)18(22(28)26-8-6-7-25(5)9-10-26)12-20(24-21)17-11-15(3)29-16(17)4/h11-14H,6-10H2,1-5H3. The molecule has 0 radical (unpaired) electrons. The molecule has 0 N–H and O–H groups in total. The van der Waals surface area contributed by atoms with Gasteiger partial charge in [0.05, 0.1) is 22.8 Å². The Kier molecular flexibility index (Phi) is 5.17. The smallest absolute Gasteiger partial charge is 0.254 e. The average Bonchev–Trinajstić information content (AvgIpc) is 3.18. The Balaban J connectivity index is 1.85. The van der Waals surface area contributed by atoms with Gasteiger partial charge in [0, 0.05) is 31.2 Å². The van der Waals surface area contributed by atoms with Gasteiger partial charge in [-0.15, -0.1) is 0 Å². The second-order valence-electron chi connectivity index (χ2n) is 8.25. The highest BCUT2D eigenvalue weighted by molar-refractivity contribution is 6.06. The third kappa shape index (κ3) is 3.67. The zero-order chi connectivity index (χ0) is 20.7. The highest BCUT2D eigenvalue weighted by atomic mass is 16.3. The number of rotatable bonds is 3. The second-order valence-corrected chi connectivity index (χ2v) is 8.25. The number of aryl methyl sites for hydroxylation is 2. The topological polar surface area (TPSA) is 67.4 Å². The molecule has 0 spiro atoms. The fourth-order valence-corrected chi connectivity index (χ4v) is 4.02. The Labute approximate surface area is 171 Å². The van der Waals surface area contributed by atoms with E-state index in [4.69, 9.17) is 9.40 Å². The van der Waals surface area contributed by atoms with Gasteiger partial charge in [0.25, 0.3) is 5.91 Å². The lowest BCUT2D eigenvalue weighted by Crippen LogP contribution is -2.34. The van der Waals surface area contributed by atoms with Gasteiger partial charge in [-0.3, -0.25) is 4.79 Å². The number of fused-ring (bicyclic) bond motifs is 1. The van der Waals surface area contributed by atoms with Crippen LogP contribution in [-0.4, -0.2) is 63.7 Å². The van der Waals surface area contributed by atoms with Crippen molar-refractivity contribution in [3.8, 4) is 11.3 Å². The molecule has 3 aromatic rings. The van der Waals surface area contributed by atoms with Crippen molar-refractivity contribution in [3.63, 3.8) is 0 Å². The molecule has 1 aliphatic rings. The number of nitrogens with zero attached hydrogens (tertiary/aromatic N) is 5. The van der Waals surface area contributed by atoms with Gasteiger partial charge in [0.2, 0.25) is 0 Å². The van der Waals surface area contributed by atoms with E-state index in [2.05, 4.69) is 30.9 Å². The molecular formula is C22H29N5O2. The fraction of sp³-hybridized carbons (Fsp3) is 0.500.